The van der Waals surface area contributed by atoms with Crippen molar-refractivity contribution in [3.63, 3.8) is 0 Å². The molecule has 0 radical (unpaired) electrons. The summed E-state index contributed by atoms with van der Waals surface area (Å²) in [6, 6.07) is 16.4. The molecule has 0 aliphatic carbocycles. The van der Waals surface area contributed by atoms with Gasteiger partial charge in [-0.25, -0.2) is 0 Å². The first kappa shape index (κ1) is 22.3. The molecule has 1 amide bonds. The van der Waals surface area contributed by atoms with E-state index in [2.05, 4.69) is 55.8 Å². The minimum absolute atomic E-state index is 0.0784. The molecule has 2 aromatic carbocycles. The zero-order chi connectivity index (χ0) is 21.7. The molecule has 0 bridgehead atoms. The van der Waals surface area contributed by atoms with Crippen LogP contribution < -0.4 is 10.2 Å². The van der Waals surface area contributed by atoms with Crippen LogP contribution in [0.4, 0.5) is 11.4 Å². The van der Waals surface area contributed by atoms with Gasteiger partial charge in [-0.3, -0.25) is 9.69 Å². The van der Waals surface area contributed by atoms with E-state index in [0.29, 0.717) is 11.6 Å². The largest absolute Gasteiger partial charge is 0.373 e. The predicted octanol–water partition coefficient (Wildman–Crippen LogP) is 4.78. The standard InChI is InChI=1S/C25H35N3O2/c1-6-28(18(2)3)23-13-11-21(12-14-23)25(29)26-24-10-8-7-9-22(24)17-27-15-19(4)30-20(5)16-27/h7-14,18-20H,6,15-17H2,1-5H3,(H,26,29). The highest BCUT2D eigenvalue weighted by Gasteiger charge is 2.23. The molecular formula is C25H35N3O2. The summed E-state index contributed by atoms with van der Waals surface area (Å²) < 4.78 is 5.84. The first-order valence-corrected chi connectivity index (χ1v) is 11.0. The second kappa shape index (κ2) is 10.1. The molecule has 5 nitrogen and oxygen atoms in total. The van der Waals surface area contributed by atoms with Crippen molar-refractivity contribution in [3.05, 3.63) is 59.7 Å². The number of ether oxygens (including phenoxy) is 1. The van der Waals surface area contributed by atoms with E-state index >= 15 is 0 Å². The Kier molecular flexibility index (Phi) is 7.51. The van der Waals surface area contributed by atoms with Gasteiger partial charge in [-0.15, -0.1) is 0 Å². The molecule has 0 aromatic heterocycles. The maximum Gasteiger partial charge on any atom is 0.255 e. The van der Waals surface area contributed by atoms with E-state index in [1.165, 1.54) is 0 Å². The number of hydrogen-bond donors (Lipinski definition) is 1. The summed E-state index contributed by atoms with van der Waals surface area (Å²) in [6.07, 6.45) is 0.449. The maximum atomic E-state index is 12.9. The molecule has 0 spiro atoms. The zero-order valence-electron chi connectivity index (χ0n) is 18.9. The summed E-state index contributed by atoms with van der Waals surface area (Å²) in [5.74, 6) is -0.0784. The third-order valence-electron chi connectivity index (χ3n) is 5.58. The second-order valence-corrected chi connectivity index (χ2v) is 8.49. The maximum absolute atomic E-state index is 12.9. The fraction of sp³-hybridized carbons (Fsp3) is 0.480. The number of benzene rings is 2. The van der Waals surface area contributed by atoms with E-state index in [1.807, 2.05) is 42.5 Å². The lowest BCUT2D eigenvalue weighted by atomic mass is 10.1. The van der Waals surface area contributed by atoms with E-state index in [0.717, 1.165) is 43.1 Å². The van der Waals surface area contributed by atoms with Crippen molar-refractivity contribution in [3.8, 4) is 0 Å². The lowest BCUT2D eigenvalue weighted by molar-refractivity contribution is -0.0704. The number of carbonyl (C=O) groups excluding carboxylic acids is 1. The molecule has 1 N–H and O–H groups in total. The minimum Gasteiger partial charge on any atom is -0.373 e. The number of morpholine rings is 1. The number of rotatable bonds is 7. The highest BCUT2D eigenvalue weighted by Crippen LogP contribution is 2.22. The van der Waals surface area contributed by atoms with Crippen molar-refractivity contribution in [2.45, 2.75) is 59.4 Å². The molecule has 1 saturated heterocycles. The van der Waals surface area contributed by atoms with Gasteiger partial charge in [-0.05, 0) is 70.5 Å². The van der Waals surface area contributed by atoms with Gasteiger partial charge in [0.1, 0.15) is 0 Å². The Hall–Kier alpha value is -2.37. The highest BCUT2D eigenvalue weighted by atomic mass is 16.5. The van der Waals surface area contributed by atoms with Gasteiger partial charge in [0.25, 0.3) is 5.91 Å². The SMILES string of the molecule is CCN(c1ccc(C(=O)Nc2ccccc2CN2CC(C)OC(C)C2)cc1)C(C)C. The number of amides is 1. The van der Waals surface area contributed by atoms with Crippen LogP contribution >= 0.6 is 0 Å². The predicted molar refractivity (Wildman–Crippen MR) is 124 cm³/mol. The lowest BCUT2D eigenvalue weighted by Crippen LogP contribution is -2.44. The Morgan fingerprint density at radius 1 is 1.10 bits per heavy atom. The molecule has 162 valence electrons. The van der Waals surface area contributed by atoms with Gasteiger partial charge >= 0.3 is 0 Å². The number of nitrogens with zero attached hydrogens (tertiary/aromatic N) is 2. The molecule has 2 unspecified atom stereocenters. The van der Waals surface area contributed by atoms with Gasteiger partial charge in [-0.2, -0.15) is 0 Å². The van der Waals surface area contributed by atoms with E-state index in [9.17, 15) is 4.79 Å². The van der Waals surface area contributed by atoms with E-state index in [1.54, 1.807) is 0 Å². The topological polar surface area (TPSA) is 44.8 Å². The Labute approximate surface area is 181 Å². The Balaban J connectivity index is 1.70. The summed E-state index contributed by atoms with van der Waals surface area (Å²) in [5, 5.41) is 3.11. The first-order chi connectivity index (χ1) is 14.4. The van der Waals surface area contributed by atoms with E-state index in [-0.39, 0.29) is 18.1 Å². The van der Waals surface area contributed by atoms with Crippen LogP contribution in [0.5, 0.6) is 0 Å². The summed E-state index contributed by atoms with van der Waals surface area (Å²) >= 11 is 0. The lowest BCUT2D eigenvalue weighted by Gasteiger charge is -2.35. The van der Waals surface area contributed by atoms with Crippen LogP contribution in [0.2, 0.25) is 0 Å². The molecule has 1 aliphatic rings. The van der Waals surface area contributed by atoms with Crippen molar-refractivity contribution < 1.29 is 9.53 Å². The van der Waals surface area contributed by atoms with Crippen molar-refractivity contribution in [2.75, 3.05) is 29.9 Å². The third kappa shape index (κ3) is 5.61. The van der Waals surface area contributed by atoms with Crippen molar-refractivity contribution in [1.29, 1.82) is 0 Å². The van der Waals surface area contributed by atoms with Crippen molar-refractivity contribution >= 4 is 17.3 Å². The molecular weight excluding hydrogens is 374 g/mol. The molecule has 3 rings (SSSR count). The Bertz CT molecular complexity index is 825. The van der Waals surface area contributed by atoms with Gasteiger partial charge in [-0.1, -0.05) is 18.2 Å². The summed E-state index contributed by atoms with van der Waals surface area (Å²) in [4.78, 5) is 17.6. The van der Waals surface area contributed by atoms with Crippen LogP contribution in [0.15, 0.2) is 48.5 Å². The molecule has 2 atom stereocenters. The number of para-hydroxylation sites is 1. The molecule has 2 aromatic rings. The first-order valence-electron chi connectivity index (χ1n) is 11.0. The monoisotopic (exact) mass is 409 g/mol. The average molecular weight is 410 g/mol. The van der Waals surface area contributed by atoms with E-state index in [4.69, 9.17) is 4.74 Å². The van der Waals surface area contributed by atoms with Gasteiger partial charge in [0.15, 0.2) is 0 Å². The molecule has 30 heavy (non-hydrogen) atoms. The molecule has 1 aliphatic heterocycles. The highest BCUT2D eigenvalue weighted by molar-refractivity contribution is 6.04. The van der Waals surface area contributed by atoms with Crippen LogP contribution in [-0.2, 0) is 11.3 Å². The number of hydrogen-bond acceptors (Lipinski definition) is 4. The second-order valence-electron chi connectivity index (χ2n) is 8.49. The number of carbonyl (C=O) groups is 1. The third-order valence-corrected chi connectivity index (χ3v) is 5.58. The van der Waals surface area contributed by atoms with Gasteiger partial charge in [0, 0.05) is 49.2 Å². The normalized spacial score (nSPS) is 19.7. The van der Waals surface area contributed by atoms with E-state index < -0.39 is 0 Å². The smallest absolute Gasteiger partial charge is 0.255 e. The minimum atomic E-state index is -0.0784. The van der Waals surface area contributed by atoms with Crippen molar-refractivity contribution in [2.24, 2.45) is 0 Å². The van der Waals surface area contributed by atoms with Gasteiger partial charge in [0.2, 0.25) is 0 Å². The summed E-state index contributed by atoms with van der Waals surface area (Å²) in [5.41, 5.74) is 3.80. The zero-order valence-corrected chi connectivity index (χ0v) is 18.9. The summed E-state index contributed by atoms with van der Waals surface area (Å²) in [6.45, 7) is 14.3. The van der Waals surface area contributed by atoms with Crippen LogP contribution in [0, 0.1) is 0 Å². The molecule has 5 heteroatoms. The number of anilines is 2. The fourth-order valence-electron chi connectivity index (χ4n) is 4.28. The van der Waals surface area contributed by atoms with Crippen LogP contribution in [0.3, 0.4) is 0 Å². The summed E-state index contributed by atoms with van der Waals surface area (Å²) in [7, 11) is 0. The van der Waals surface area contributed by atoms with Crippen LogP contribution in [-0.4, -0.2) is 48.7 Å². The van der Waals surface area contributed by atoms with Gasteiger partial charge in [0.05, 0.1) is 12.2 Å². The average Bonchev–Trinajstić information content (AvgIpc) is 2.69. The fourth-order valence-corrected chi connectivity index (χ4v) is 4.28. The Morgan fingerprint density at radius 2 is 1.73 bits per heavy atom. The molecule has 1 fully saturated rings. The van der Waals surface area contributed by atoms with Crippen molar-refractivity contribution in [1.82, 2.24) is 4.90 Å². The molecule has 1 heterocycles. The number of nitrogens with one attached hydrogen (secondary N) is 1. The quantitative estimate of drug-likeness (QED) is 0.715. The van der Waals surface area contributed by atoms with Gasteiger partial charge < -0.3 is 15.0 Å². The Morgan fingerprint density at radius 3 is 2.33 bits per heavy atom. The molecule has 0 saturated carbocycles. The van der Waals surface area contributed by atoms with Crippen LogP contribution in [0.25, 0.3) is 0 Å². The van der Waals surface area contributed by atoms with Crippen LogP contribution in [0.1, 0.15) is 50.5 Å².